The van der Waals surface area contributed by atoms with E-state index in [-0.39, 0.29) is 30.5 Å². The van der Waals surface area contributed by atoms with Crippen molar-refractivity contribution in [2.24, 2.45) is 0 Å². The van der Waals surface area contributed by atoms with E-state index < -0.39 is 0 Å². The van der Waals surface area contributed by atoms with Gasteiger partial charge in [-0.15, -0.1) is 0 Å². The number of hydrogen-bond donors (Lipinski definition) is 1. The van der Waals surface area contributed by atoms with Gasteiger partial charge in [0, 0.05) is 11.0 Å². The molecule has 0 saturated carbocycles. The molecule has 3 rings (SSSR count). The first kappa shape index (κ1) is 17.5. The van der Waals surface area contributed by atoms with Crippen LogP contribution in [0.15, 0.2) is 27.7 Å². The van der Waals surface area contributed by atoms with E-state index >= 15 is 0 Å². The van der Waals surface area contributed by atoms with E-state index in [0.717, 1.165) is 19.4 Å². The number of ketones is 1. The molecule has 24 heavy (non-hydrogen) atoms. The Morgan fingerprint density at radius 3 is 2.96 bits per heavy atom. The van der Waals surface area contributed by atoms with Crippen molar-refractivity contribution in [3.63, 3.8) is 0 Å². The lowest BCUT2D eigenvalue weighted by Gasteiger charge is -2.29. The zero-order valence-electron chi connectivity index (χ0n) is 12.9. The molecule has 2 heterocycles. The van der Waals surface area contributed by atoms with Crippen molar-refractivity contribution in [1.29, 1.82) is 0 Å². The van der Waals surface area contributed by atoms with E-state index in [1.54, 1.807) is 12.1 Å². The summed E-state index contributed by atoms with van der Waals surface area (Å²) in [5, 5.41) is 10.5. The number of carbonyl (C=O) groups excluding carboxylic acids is 1. The number of likely N-dealkylation sites (tertiary alicyclic amines) is 1. The van der Waals surface area contributed by atoms with Gasteiger partial charge in [0.15, 0.2) is 5.78 Å². The van der Waals surface area contributed by atoms with Crippen molar-refractivity contribution in [1.82, 2.24) is 14.5 Å². The molecule has 8 heteroatoms. The maximum atomic E-state index is 12.5. The number of hydrogen-bond acceptors (Lipinski definition) is 5. The summed E-state index contributed by atoms with van der Waals surface area (Å²) in [6, 6.07) is 3.23. The average molecular weight is 415 g/mol. The van der Waals surface area contributed by atoms with Crippen molar-refractivity contribution >= 4 is 44.2 Å². The van der Waals surface area contributed by atoms with Gasteiger partial charge in [-0.05, 0) is 47.4 Å². The highest BCUT2D eigenvalue weighted by Gasteiger charge is 2.20. The van der Waals surface area contributed by atoms with Crippen LogP contribution in [0.2, 0.25) is 5.02 Å². The lowest BCUT2D eigenvalue weighted by molar-refractivity contribution is -0.121. The van der Waals surface area contributed by atoms with Crippen LogP contribution in [-0.2, 0) is 11.3 Å². The molecule has 0 aliphatic carbocycles. The Balaban J connectivity index is 1.77. The summed E-state index contributed by atoms with van der Waals surface area (Å²) in [4.78, 5) is 30.9. The number of aliphatic hydroxyl groups is 1. The van der Waals surface area contributed by atoms with Gasteiger partial charge in [-0.1, -0.05) is 11.6 Å². The van der Waals surface area contributed by atoms with Gasteiger partial charge >= 0.3 is 0 Å². The van der Waals surface area contributed by atoms with E-state index in [2.05, 4.69) is 20.9 Å². The van der Waals surface area contributed by atoms with Gasteiger partial charge in [-0.3, -0.25) is 19.1 Å². The summed E-state index contributed by atoms with van der Waals surface area (Å²) in [7, 11) is 0. The first-order valence-electron chi connectivity index (χ1n) is 7.70. The molecule has 1 aliphatic heterocycles. The first-order chi connectivity index (χ1) is 11.4. The van der Waals surface area contributed by atoms with Gasteiger partial charge in [0.25, 0.3) is 5.56 Å². The van der Waals surface area contributed by atoms with E-state index in [1.807, 2.05) is 4.90 Å². The number of β-amino-alcohol motifs (C(OH)–C–C–N with tert-alkyl or cyclic N) is 1. The fraction of sp³-hybridized carbons (Fsp3) is 0.438. The smallest absolute Gasteiger partial charge is 0.261 e. The summed E-state index contributed by atoms with van der Waals surface area (Å²) >= 11 is 9.34. The highest BCUT2D eigenvalue weighted by atomic mass is 79.9. The molecule has 1 aromatic carbocycles. The van der Waals surface area contributed by atoms with Gasteiger partial charge in [0.1, 0.15) is 0 Å². The fourth-order valence-electron chi connectivity index (χ4n) is 2.93. The normalized spacial score (nSPS) is 18.9. The van der Waals surface area contributed by atoms with Crippen LogP contribution in [0.3, 0.4) is 0 Å². The number of aliphatic hydroxyl groups excluding tert-OH is 1. The Bertz CT molecular complexity index is 839. The van der Waals surface area contributed by atoms with Crippen LogP contribution in [0, 0.1) is 0 Å². The van der Waals surface area contributed by atoms with E-state index in [9.17, 15) is 14.7 Å². The van der Waals surface area contributed by atoms with E-state index in [0.29, 0.717) is 26.9 Å². The Kier molecular flexibility index (Phi) is 5.34. The van der Waals surface area contributed by atoms with Crippen LogP contribution in [0.4, 0.5) is 0 Å². The lowest BCUT2D eigenvalue weighted by atomic mass is 10.1. The van der Waals surface area contributed by atoms with E-state index in [4.69, 9.17) is 11.6 Å². The third-order valence-corrected chi connectivity index (χ3v) is 5.29. The summed E-state index contributed by atoms with van der Waals surface area (Å²) in [6.07, 6.45) is 2.65. The van der Waals surface area contributed by atoms with Gasteiger partial charge in [-0.2, -0.15) is 0 Å². The standard InChI is InChI=1S/C16H17BrClN3O3/c17-13-5-15-12(4-14(13)18)16(24)21(9-19-15)8-11(23)7-20-3-1-2-10(22)6-20/h4-5,9-10,22H,1-3,6-8H2. The molecule has 1 fully saturated rings. The monoisotopic (exact) mass is 413 g/mol. The molecular weight excluding hydrogens is 398 g/mol. The second kappa shape index (κ2) is 7.31. The van der Waals surface area contributed by atoms with Crippen molar-refractivity contribution in [3.8, 4) is 0 Å². The number of carbonyl (C=O) groups is 1. The predicted octanol–water partition coefficient (Wildman–Crippen LogP) is 1.84. The Labute approximate surface area is 152 Å². The molecule has 1 aromatic heterocycles. The highest BCUT2D eigenvalue weighted by molar-refractivity contribution is 9.10. The Hall–Kier alpha value is -1.28. The minimum absolute atomic E-state index is 0.0396. The number of rotatable bonds is 4. The first-order valence-corrected chi connectivity index (χ1v) is 8.87. The third kappa shape index (κ3) is 3.85. The van der Waals surface area contributed by atoms with E-state index in [1.165, 1.54) is 10.9 Å². The number of nitrogens with zero attached hydrogens (tertiary/aromatic N) is 3. The van der Waals surface area contributed by atoms with Crippen LogP contribution in [-0.4, -0.2) is 51.1 Å². The molecule has 0 radical (unpaired) electrons. The number of Topliss-reactive ketones (excluding diaryl/α,β-unsaturated/α-hetero) is 1. The summed E-state index contributed by atoms with van der Waals surface area (Å²) in [5.74, 6) is -0.0874. The molecule has 0 bridgehead atoms. The average Bonchev–Trinajstić information content (AvgIpc) is 2.52. The van der Waals surface area contributed by atoms with Crippen molar-refractivity contribution in [2.45, 2.75) is 25.5 Å². The summed E-state index contributed by atoms with van der Waals surface area (Å²) < 4.78 is 1.97. The molecule has 1 unspecified atom stereocenters. The largest absolute Gasteiger partial charge is 0.392 e. The molecule has 0 amide bonds. The maximum absolute atomic E-state index is 12.5. The quantitative estimate of drug-likeness (QED) is 0.826. The minimum Gasteiger partial charge on any atom is -0.392 e. The lowest BCUT2D eigenvalue weighted by Crippen LogP contribution is -2.42. The number of fused-ring (bicyclic) bond motifs is 1. The fourth-order valence-corrected chi connectivity index (χ4v) is 3.43. The zero-order valence-corrected chi connectivity index (χ0v) is 15.3. The number of aromatic nitrogens is 2. The SMILES string of the molecule is O=C(CN1CCCC(O)C1)Cn1cnc2cc(Br)c(Cl)cc2c1=O. The second-order valence-corrected chi connectivity index (χ2v) is 7.29. The molecule has 1 aliphatic rings. The van der Waals surface area contributed by atoms with Crippen LogP contribution in [0.5, 0.6) is 0 Å². The number of piperidine rings is 1. The van der Waals surface area contributed by atoms with Gasteiger partial charge < -0.3 is 5.11 Å². The predicted molar refractivity (Wildman–Crippen MR) is 95.4 cm³/mol. The van der Waals surface area contributed by atoms with Crippen LogP contribution >= 0.6 is 27.5 Å². The molecule has 1 N–H and O–H groups in total. The second-order valence-electron chi connectivity index (χ2n) is 6.03. The highest BCUT2D eigenvalue weighted by Crippen LogP contribution is 2.25. The van der Waals surface area contributed by atoms with Gasteiger partial charge in [0.2, 0.25) is 0 Å². The molecule has 2 aromatic rings. The van der Waals surface area contributed by atoms with Crippen LogP contribution in [0.1, 0.15) is 12.8 Å². The van der Waals surface area contributed by atoms with Crippen molar-refractivity contribution < 1.29 is 9.90 Å². The number of halogens is 2. The summed E-state index contributed by atoms with van der Waals surface area (Å²) in [5.41, 5.74) is 0.237. The van der Waals surface area contributed by atoms with Crippen molar-refractivity contribution in [2.75, 3.05) is 19.6 Å². The summed E-state index contributed by atoms with van der Waals surface area (Å²) in [6.45, 7) is 1.47. The molecule has 6 nitrogen and oxygen atoms in total. The molecule has 1 saturated heterocycles. The molecule has 0 spiro atoms. The van der Waals surface area contributed by atoms with Gasteiger partial charge in [0.05, 0.1) is 41.4 Å². The zero-order chi connectivity index (χ0) is 17.3. The molecule has 1 atom stereocenters. The number of benzene rings is 1. The molecule has 128 valence electrons. The minimum atomic E-state index is -0.378. The third-order valence-electron chi connectivity index (χ3n) is 4.09. The topological polar surface area (TPSA) is 75.4 Å². The van der Waals surface area contributed by atoms with Crippen LogP contribution in [0.25, 0.3) is 10.9 Å². The Morgan fingerprint density at radius 1 is 1.42 bits per heavy atom. The Morgan fingerprint density at radius 2 is 2.21 bits per heavy atom. The van der Waals surface area contributed by atoms with Crippen LogP contribution < -0.4 is 5.56 Å². The molecular formula is C16H17BrClN3O3. The van der Waals surface area contributed by atoms with Crippen molar-refractivity contribution in [3.05, 3.63) is 38.3 Å². The van der Waals surface area contributed by atoms with Gasteiger partial charge in [-0.25, -0.2) is 4.98 Å². The maximum Gasteiger partial charge on any atom is 0.261 e.